The summed E-state index contributed by atoms with van der Waals surface area (Å²) in [6, 6.07) is 7.84. The Morgan fingerprint density at radius 3 is 2.45 bits per heavy atom. The van der Waals surface area contributed by atoms with Gasteiger partial charge in [-0.2, -0.15) is 0 Å². The lowest BCUT2D eigenvalue weighted by molar-refractivity contribution is -0.132. The van der Waals surface area contributed by atoms with Crippen LogP contribution < -0.4 is 5.32 Å². The zero-order chi connectivity index (χ0) is 15.9. The van der Waals surface area contributed by atoms with E-state index in [2.05, 4.69) is 5.32 Å². The first-order valence-corrected chi connectivity index (χ1v) is 8.28. The third kappa shape index (κ3) is 5.02. The summed E-state index contributed by atoms with van der Waals surface area (Å²) in [7, 11) is 0. The molecule has 1 aromatic rings. The average Bonchev–Trinajstić information content (AvgIpc) is 2.54. The molecule has 5 heteroatoms. The van der Waals surface area contributed by atoms with Gasteiger partial charge in [-0.15, -0.1) is 0 Å². The second-order valence-electron chi connectivity index (χ2n) is 5.70. The molecule has 0 aromatic heterocycles. The van der Waals surface area contributed by atoms with Gasteiger partial charge in [0.15, 0.2) is 0 Å². The Kier molecular flexibility index (Phi) is 6.25. The van der Waals surface area contributed by atoms with E-state index in [-0.39, 0.29) is 17.9 Å². The SMILES string of the molecule is CCC(=O)NC1CCN(C(=O)CCc2ccc(Cl)cc2)CC1. The minimum atomic E-state index is 0.0903. The van der Waals surface area contributed by atoms with E-state index in [1.165, 1.54) is 0 Å². The molecule has 1 saturated heterocycles. The van der Waals surface area contributed by atoms with Crippen LogP contribution >= 0.6 is 11.6 Å². The molecule has 0 spiro atoms. The third-order valence-electron chi connectivity index (χ3n) is 4.07. The summed E-state index contributed by atoms with van der Waals surface area (Å²) in [6.07, 6.45) is 3.47. The summed E-state index contributed by atoms with van der Waals surface area (Å²) in [4.78, 5) is 25.5. The molecule has 0 radical (unpaired) electrons. The van der Waals surface area contributed by atoms with E-state index >= 15 is 0 Å². The maximum atomic E-state index is 12.2. The summed E-state index contributed by atoms with van der Waals surface area (Å²) in [5.74, 6) is 0.280. The van der Waals surface area contributed by atoms with Gasteiger partial charge in [-0.3, -0.25) is 9.59 Å². The van der Waals surface area contributed by atoms with Gasteiger partial charge in [0, 0.05) is 37.0 Å². The van der Waals surface area contributed by atoms with Crippen molar-refractivity contribution in [3.8, 4) is 0 Å². The predicted octanol–water partition coefficient (Wildman–Crippen LogP) is 2.79. The van der Waals surface area contributed by atoms with Crippen molar-refractivity contribution >= 4 is 23.4 Å². The Labute approximate surface area is 136 Å². The molecule has 2 amide bonds. The first-order chi connectivity index (χ1) is 10.6. The number of piperidine rings is 1. The fraction of sp³-hybridized carbons (Fsp3) is 0.529. The zero-order valence-corrected chi connectivity index (χ0v) is 13.7. The van der Waals surface area contributed by atoms with E-state index < -0.39 is 0 Å². The van der Waals surface area contributed by atoms with Gasteiger partial charge in [0.1, 0.15) is 0 Å². The molecular weight excluding hydrogens is 300 g/mol. The molecule has 0 aliphatic carbocycles. The lowest BCUT2D eigenvalue weighted by Crippen LogP contribution is -2.46. The third-order valence-corrected chi connectivity index (χ3v) is 4.33. The number of likely N-dealkylation sites (tertiary alicyclic amines) is 1. The highest BCUT2D eigenvalue weighted by molar-refractivity contribution is 6.30. The van der Waals surface area contributed by atoms with E-state index in [0.29, 0.717) is 17.9 Å². The van der Waals surface area contributed by atoms with Crippen LogP contribution in [0.5, 0.6) is 0 Å². The van der Waals surface area contributed by atoms with Crippen LogP contribution in [0.25, 0.3) is 0 Å². The van der Waals surface area contributed by atoms with Crippen molar-refractivity contribution in [3.05, 3.63) is 34.9 Å². The maximum Gasteiger partial charge on any atom is 0.222 e. The molecule has 1 N–H and O–H groups in total. The van der Waals surface area contributed by atoms with E-state index in [1.54, 1.807) is 0 Å². The van der Waals surface area contributed by atoms with Crippen LogP contribution in [0, 0.1) is 0 Å². The molecule has 2 rings (SSSR count). The minimum absolute atomic E-state index is 0.0903. The van der Waals surface area contributed by atoms with Crippen LogP contribution in [-0.4, -0.2) is 35.8 Å². The second-order valence-corrected chi connectivity index (χ2v) is 6.14. The van der Waals surface area contributed by atoms with Crippen molar-refractivity contribution in [1.29, 1.82) is 0 Å². The van der Waals surface area contributed by atoms with Gasteiger partial charge in [0.25, 0.3) is 0 Å². The summed E-state index contributed by atoms with van der Waals surface area (Å²) in [5.41, 5.74) is 1.13. The largest absolute Gasteiger partial charge is 0.353 e. The minimum Gasteiger partial charge on any atom is -0.353 e. The van der Waals surface area contributed by atoms with E-state index in [1.807, 2.05) is 36.1 Å². The molecule has 0 saturated carbocycles. The van der Waals surface area contributed by atoms with Crippen molar-refractivity contribution in [3.63, 3.8) is 0 Å². The van der Waals surface area contributed by atoms with E-state index in [0.717, 1.165) is 37.9 Å². The molecule has 0 unspecified atom stereocenters. The number of halogens is 1. The summed E-state index contributed by atoms with van der Waals surface area (Å²) in [5, 5.41) is 3.72. The number of rotatable bonds is 5. The molecule has 4 nitrogen and oxygen atoms in total. The Bertz CT molecular complexity index is 508. The number of hydrogen-bond acceptors (Lipinski definition) is 2. The van der Waals surface area contributed by atoms with Crippen LogP contribution in [0.15, 0.2) is 24.3 Å². The maximum absolute atomic E-state index is 12.2. The van der Waals surface area contributed by atoms with Crippen LogP contribution in [0.4, 0.5) is 0 Å². The molecule has 0 atom stereocenters. The van der Waals surface area contributed by atoms with Crippen molar-refractivity contribution in [2.45, 2.75) is 45.1 Å². The Morgan fingerprint density at radius 1 is 1.23 bits per heavy atom. The quantitative estimate of drug-likeness (QED) is 0.906. The molecule has 120 valence electrons. The average molecular weight is 323 g/mol. The van der Waals surface area contributed by atoms with Gasteiger partial charge in [0.2, 0.25) is 11.8 Å². The Hall–Kier alpha value is -1.55. The number of nitrogens with zero attached hydrogens (tertiary/aromatic N) is 1. The molecule has 1 heterocycles. The van der Waals surface area contributed by atoms with E-state index in [9.17, 15) is 9.59 Å². The molecule has 1 fully saturated rings. The zero-order valence-electron chi connectivity index (χ0n) is 13.0. The van der Waals surface area contributed by atoms with Gasteiger partial charge < -0.3 is 10.2 Å². The highest BCUT2D eigenvalue weighted by Gasteiger charge is 2.23. The number of carbonyl (C=O) groups is 2. The van der Waals surface area contributed by atoms with Crippen molar-refractivity contribution in [1.82, 2.24) is 10.2 Å². The van der Waals surface area contributed by atoms with Crippen LogP contribution in [0.2, 0.25) is 5.02 Å². The molecule has 1 aliphatic heterocycles. The van der Waals surface area contributed by atoms with Crippen LogP contribution in [-0.2, 0) is 16.0 Å². The number of benzene rings is 1. The first kappa shape index (κ1) is 16.8. The number of hydrogen-bond donors (Lipinski definition) is 1. The number of carbonyl (C=O) groups excluding carboxylic acids is 2. The molecular formula is C17H23ClN2O2. The normalized spacial score (nSPS) is 15.6. The van der Waals surface area contributed by atoms with Gasteiger partial charge in [0.05, 0.1) is 0 Å². The van der Waals surface area contributed by atoms with Gasteiger partial charge in [-0.1, -0.05) is 30.7 Å². The highest BCUT2D eigenvalue weighted by Crippen LogP contribution is 2.14. The standard InChI is InChI=1S/C17H23ClN2O2/c1-2-16(21)19-15-9-11-20(12-10-15)17(22)8-5-13-3-6-14(18)7-4-13/h3-4,6-7,15H,2,5,8-12H2,1H3,(H,19,21). The van der Waals surface area contributed by atoms with Gasteiger partial charge in [-0.05, 0) is 37.0 Å². The second kappa shape index (κ2) is 8.18. The number of aryl methyl sites for hydroxylation is 1. The lowest BCUT2D eigenvalue weighted by Gasteiger charge is -2.32. The van der Waals surface area contributed by atoms with Crippen molar-refractivity contribution < 1.29 is 9.59 Å². The fourth-order valence-electron chi connectivity index (χ4n) is 2.66. The summed E-state index contributed by atoms with van der Waals surface area (Å²) >= 11 is 5.85. The molecule has 1 aliphatic rings. The van der Waals surface area contributed by atoms with Crippen LogP contribution in [0.1, 0.15) is 38.2 Å². The van der Waals surface area contributed by atoms with Crippen molar-refractivity contribution in [2.24, 2.45) is 0 Å². The number of nitrogens with one attached hydrogen (secondary N) is 1. The van der Waals surface area contributed by atoms with Crippen molar-refractivity contribution in [2.75, 3.05) is 13.1 Å². The highest BCUT2D eigenvalue weighted by atomic mass is 35.5. The summed E-state index contributed by atoms with van der Waals surface area (Å²) in [6.45, 7) is 3.31. The van der Waals surface area contributed by atoms with Gasteiger partial charge >= 0.3 is 0 Å². The Morgan fingerprint density at radius 2 is 1.86 bits per heavy atom. The van der Waals surface area contributed by atoms with Gasteiger partial charge in [-0.25, -0.2) is 0 Å². The Balaban J connectivity index is 1.73. The molecule has 0 bridgehead atoms. The monoisotopic (exact) mass is 322 g/mol. The lowest BCUT2D eigenvalue weighted by atomic mass is 10.0. The molecule has 1 aromatic carbocycles. The van der Waals surface area contributed by atoms with E-state index in [4.69, 9.17) is 11.6 Å². The summed E-state index contributed by atoms with van der Waals surface area (Å²) < 4.78 is 0. The first-order valence-electron chi connectivity index (χ1n) is 7.90. The smallest absolute Gasteiger partial charge is 0.222 e. The van der Waals surface area contributed by atoms with Crippen LogP contribution in [0.3, 0.4) is 0 Å². The fourth-order valence-corrected chi connectivity index (χ4v) is 2.79. The predicted molar refractivity (Wildman–Crippen MR) is 87.8 cm³/mol. The number of amides is 2. The molecule has 22 heavy (non-hydrogen) atoms. The topological polar surface area (TPSA) is 49.4 Å².